The topological polar surface area (TPSA) is 66.5 Å². The smallest absolute Gasteiger partial charge is 0.325 e. The van der Waals surface area contributed by atoms with Gasteiger partial charge in [-0.3, -0.25) is 9.10 Å². The van der Waals surface area contributed by atoms with Crippen molar-refractivity contribution >= 4 is 50.7 Å². The van der Waals surface area contributed by atoms with Crippen LogP contribution in [-0.2, 0) is 26.7 Å². The molecule has 0 fully saturated rings. The van der Waals surface area contributed by atoms with E-state index in [4.69, 9.17) is 11.6 Å². The van der Waals surface area contributed by atoms with Crippen molar-refractivity contribution in [3.05, 3.63) is 119 Å². The number of carbonyl (C=O) groups is 1. The molecule has 0 aliphatic carbocycles. The Kier molecular flexibility index (Phi) is 8.89. The Bertz CT molecular complexity index is 1530. The van der Waals surface area contributed by atoms with E-state index in [9.17, 15) is 26.4 Å². The van der Waals surface area contributed by atoms with Crippen LogP contribution in [-0.4, -0.2) is 20.9 Å². The number of anilines is 2. The van der Waals surface area contributed by atoms with Gasteiger partial charge in [0, 0.05) is 16.3 Å². The van der Waals surface area contributed by atoms with E-state index in [0.29, 0.717) is 21.8 Å². The number of nitrogens with zero attached hydrogens (tertiary/aromatic N) is 1. The Balaban J connectivity index is 1.56. The summed E-state index contributed by atoms with van der Waals surface area (Å²) in [7, 11) is -4.45. The van der Waals surface area contributed by atoms with Gasteiger partial charge in [-0.05, 0) is 60.2 Å². The van der Waals surface area contributed by atoms with E-state index in [0.717, 1.165) is 22.6 Å². The summed E-state index contributed by atoms with van der Waals surface area (Å²) >= 11 is 7.81. The molecule has 0 heterocycles. The third kappa shape index (κ3) is 7.35. The Morgan fingerprint density at radius 2 is 1.49 bits per heavy atom. The number of amides is 1. The maximum atomic E-state index is 13.5. The standard InChI is InChI=1S/C28H22ClF3N2O3S2/c29-25-16-13-21(28(30,31)32)17-26(25)34(39(36,37)24-9-5-2-6-10-24)18-27(35)33-22-14-11-20(12-15-22)19-38-23-7-3-1-4-8-23/h1-17H,18-19H2,(H,33,35). The zero-order valence-corrected chi connectivity index (χ0v) is 22.6. The monoisotopic (exact) mass is 590 g/mol. The highest BCUT2D eigenvalue weighted by atomic mass is 35.5. The predicted molar refractivity (Wildman–Crippen MR) is 149 cm³/mol. The SMILES string of the molecule is O=C(CN(c1cc(C(F)(F)F)ccc1Cl)S(=O)(=O)c1ccccc1)Nc1ccc(CSc2ccccc2)cc1. The molecule has 39 heavy (non-hydrogen) atoms. The first kappa shape index (κ1) is 28.5. The first-order valence-electron chi connectivity index (χ1n) is 11.6. The minimum atomic E-state index is -4.75. The fourth-order valence-electron chi connectivity index (χ4n) is 3.60. The largest absolute Gasteiger partial charge is 0.416 e. The molecule has 0 bridgehead atoms. The van der Waals surface area contributed by atoms with Gasteiger partial charge in [-0.15, -0.1) is 11.8 Å². The van der Waals surface area contributed by atoms with E-state index >= 15 is 0 Å². The van der Waals surface area contributed by atoms with Gasteiger partial charge in [0.2, 0.25) is 5.91 Å². The second-order valence-electron chi connectivity index (χ2n) is 8.34. The number of hydrogen-bond donors (Lipinski definition) is 1. The van der Waals surface area contributed by atoms with Gasteiger partial charge in [-0.1, -0.05) is 60.1 Å². The lowest BCUT2D eigenvalue weighted by Crippen LogP contribution is -2.38. The molecule has 4 rings (SSSR count). The zero-order valence-electron chi connectivity index (χ0n) is 20.2. The minimum absolute atomic E-state index is 0.202. The summed E-state index contributed by atoms with van der Waals surface area (Å²) in [6, 6.07) is 26.3. The molecule has 0 saturated carbocycles. The van der Waals surface area contributed by atoms with E-state index in [2.05, 4.69) is 5.32 Å². The van der Waals surface area contributed by atoms with Crippen LogP contribution in [0.15, 0.2) is 113 Å². The van der Waals surface area contributed by atoms with Gasteiger partial charge in [0.1, 0.15) is 6.54 Å². The third-order valence-corrected chi connectivity index (χ3v) is 8.72. The number of hydrogen-bond acceptors (Lipinski definition) is 4. The molecule has 4 aromatic rings. The molecule has 0 atom stereocenters. The summed E-state index contributed by atoms with van der Waals surface area (Å²) in [4.78, 5) is 13.9. The van der Waals surface area contributed by atoms with Crippen LogP contribution in [0, 0.1) is 0 Å². The molecule has 4 aromatic carbocycles. The van der Waals surface area contributed by atoms with Gasteiger partial charge in [0.15, 0.2) is 0 Å². The molecule has 11 heteroatoms. The molecule has 202 valence electrons. The summed E-state index contributed by atoms with van der Waals surface area (Å²) in [5.74, 6) is -0.0514. The summed E-state index contributed by atoms with van der Waals surface area (Å²) in [5, 5.41) is 2.36. The number of nitrogens with one attached hydrogen (secondary N) is 1. The zero-order chi connectivity index (χ0) is 28.0. The molecular formula is C28H22ClF3N2O3S2. The number of benzene rings is 4. The van der Waals surface area contributed by atoms with E-state index < -0.39 is 39.9 Å². The average Bonchev–Trinajstić information content (AvgIpc) is 2.92. The van der Waals surface area contributed by atoms with Crippen LogP contribution in [0.4, 0.5) is 24.5 Å². The molecule has 0 saturated heterocycles. The highest BCUT2D eigenvalue weighted by molar-refractivity contribution is 7.98. The number of carbonyl (C=O) groups excluding carboxylic acids is 1. The van der Waals surface area contributed by atoms with Crippen molar-refractivity contribution in [2.75, 3.05) is 16.2 Å². The van der Waals surface area contributed by atoms with Crippen LogP contribution in [0.5, 0.6) is 0 Å². The number of rotatable bonds is 9. The van der Waals surface area contributed by atoms with Crippen LogP contribution >= 0.6 is 23.4 Å². The molecule has 1 N–H and O–H groups in total. The van der Waals surface area contributed by atoms with Crippen molar-refractivity contribution in [3.8, 4) is 0 Å². The normalized spacial score (nSPS) is 11.7. The highest BCUT2D eigenvalue weighted by Crippen LogP contribution is 2.37. The Labute approximate surface area is 233 Å². The van der Waals surface area contributed by atoms with Gasteiger partial charge >= 0.3 is 6.18 Å². The number of alkyl halides is 3. The third-order valence-electron chi connectivity index (χ3n) is 5.55. The lowest BCUT2D eigenvalue weighted by atomic mass is 10.2. The number of halogens is 4. The lowest BCUT2D eigenvalue weighted by Gasteiger charge is -2.26. The number of sulfonamides is 1. The second kappa shape index (κ2) is 12.1. The molecular weight excluding hydrogens is 569 g/mol. The number of thioether (sulfide) groups is 1. The van der Waals surface area contributed by atoms with Crippen molar-refractivity contribution in [2.24, 2.45) is 0 Å². The highest BCUT2D eigenvalue weighted by Gasteiger charge is 2.34. The van der Waals surface area contributed by atoms with Gasteiger partial charge < -0.3 is 5.32 Å². The van der Waals surface area contributed by atoms with Gasteiger partial charge in [0.05, 0.1) is 21.2 Å². The van der Waals surface area contributed by atoms with Crippen molar-refractivity contribution in [3.63, 3.8) is 0 Å². The fraction of sp³-hybridized carbons (Fsp3) is 0.107. The van der Waals surface area contributed by atoms with Gasteiger partial charge in [0.25, 0.3) is 10.0 Å². The molecule has 5 nitrogen and oxygen atoms in total. The van der Waals surface area contributed by atoms with Crippen molar-refractivity contribution in [1.29, 1.82) is 0 Å². The van der Waals surface area contributed by atoms with Crippen LogP contribution in [0.2, 0.25) is 5.02 Å². The van der Waals surface area contributed by atoms with Crippen LogP contribution in [0.1, 0.15) is 11.1 Å². The quantitative estimate of drug-likeness (QED) is 0.205. The van der Waals surface area contributed by atoms with E-state index in [1.54, 1.807) is 30.0 Å². The summed E-state index contributed by atoms with van der Waals surface area (Å²) in [5.41, 5.74) is -0.148. The van der Waals surface area contributed by atoms with Crippen molar-refractivity contribution < 1.29 is 26.4 Å². The molecule has 1 amide bonds. The second-order valence-corrected chi connectivity index (χ2v) is 11.7. The molecule has 0 unspecified atom stereocenters. The van der Waals surface area contributed by atoms with Crippen LogP contribution in [0.3, 0.4) is 0 Å². The molecule has 0 aliphatic rings. The van der Waals surface area contributed by atoms with Gasteiger partial charge in [-0.25, -0.2) is 8.42 Å². The van der Waals surface area contributed by atoms with Crippen molar-refractivity contribution in [1.82, 2.24) is 0 Å². The summed E-state index contributed by atoms with van der Waals surface area (Å²) < 4.78 is 67.8. The maximum absolute atomic E-state index is 13.5. The minimum Gasteiger partial charge on any atom is -0.325 e. The Morgan fingerprint density at radius 1 is 0.872 bits per heavy atom. The van der Waals surface area contributed by atoms with Crippen molar-refractivity contribution in [2.45, 2.75) is 21.7 Å². The summed E-state index contributed by atoms with van der Waals surface area (Å²) in [6.45, 7) is -0.802. The average molecular weight is 591 g/mol. The maximum Gasteiger partial charge on any atom is 0.416 e. The molecule has 0 radical (unpaired) electrons. The molecule has 0 aliphatic heterocycles. The summed E-state index contributed by atoms with van der Waals surface area (Å²) in [6.07, 6.45) is -4.75. The first-order valence-corrected chi connectivity index (χ1v) is 14.4. The Hall–Kier alpha value is -3.47. The van der Waals surface area contributed by atoms with Crippen LogP contribution < -0.4 is 9.62 Å². The first-order chi connectivity index (χ1) is 18.5. The van der Waals surface area contributed by atoms with Gasteiger partial charge in [-0.2, -0.15) is 13.2 Å². The van der Waals surface area contributed by atoms with E-state index in [1.165, 1.54) is 24.3 Å². The fourth-order valence-corrected chi connectivity index (χ4v) is 6.20. The van der Waals surface area contributed by atoms with E-state index in [-0.39, 0.29) is 9.92 Å². The molecule has 0 spiro atoms. The van der Waals surface area contributed by atoms with Crippen LogP contribution in [0.25, 0.3) is 0 Å². The lowest BCUT2D eigenvalue weighted by molar-refractivity contribution is -0.137. The molecule has 0 aromatic heterocycles. The predicted octanol–water partition coefficient (Wildman–Crippen LogP) is 7.49. The van der Waals surface area contributed by atoms with E-state index in [1.807, 2.05) is 42.5 Å². The Morgan fingerprint density at radius 3 is 2.10 bits per heavy atom.